The first-order chi connectivity index (χ1) is 15.5. The molecule has 0 amide bonds. The summed E-state index contributed by atoms with van der Waals surface area (Å²) < 4.78 is 52.0. The van der Waals surface area contributed by atoms with Gasteiger partial charge in [-0.15, -0.1) is 0 Å². The number of carbonyl (C=O) groups is 3. The van der Waals surface area contributed by atoms with Crippen LogP contribution in [0.3, 0.4) is 0 Å². The van der Waals surface area contributed by atoms with Crippen LogP contribution in [0.1, 0.15) is 51.2 Å². The van der Waals surface area contributed by atoms with Crippen molar-refractivity contribution in [3.05, 3.63) is 57.9 Å². The first-order valence-electron chi connectivity index (χ1n) is 10.8. The van der Waals surface area contributed by atoms with Gasteiger partial charge in [-0.2, -0.15) is 13.2 Å². The second-order valence-electron chi connectivity index (χ2n) is 8.07. The van der Waals surface area contributed by atoms with Crippen molar-refractivity contribution in [3.8, 4) is 0 Å². The van der Waals surface area contributed by atoms with Gasteiger partial charge in [0.15, 0.2) is 5.78 Å². The van der Waals surface area contributed by atoms with Crippen LogP contribution in [-0.2, 0) is 30.0 Å². The predicted octanol–water partition coefficient (Wildman–Crippen LogP) is 4.27. The molecule has 0 fully saturated rings. The number of hydrogen-bond donors (Lipinski definition) is 1. The molecule has 33 heavy (non-hydrogen) atoms. The van der Waals surface area contributed by atoms with Crippen LogP contribution in [0.2, 0.25) is 0 Å². The van der Waals surface area contributed by atoms with Gasteiger partial charge in [0.25, 0.3) is 0 Å². The van der Waals surface area contributed by atoms with Gasteiger partial charge in [0.05, 0.1) is 24.4 Å². The van der Waals surface area contributed by atoms with E-state index in [1.165, 1.54) is 18.2 Å². The first-order valence-corrected chi connectivity index (χ1v) is 10.8. The Kier molecular flexibility index (Phi) is 7.00. The van der Waals surface area contributed by atoms with E-state index in [-0.39, 0.29) is 36.3 Å². The second kappa shape index (κ2) is 9.41. The zero-order valence-electron chi connectivity index (χ0n) is 18.8. The molecule has 1 aliphatic carbocycles. The summed E-state index contributed by atoms with van der Waals surface area (Å²) >= 11 is 0. The first kappa shape index (κ1) is 24.5. The van der Waals surface area contributed by atoms with Crippen molar-refractivity contribution in [2.24, 2.45) is 11.8 Å². The molecule has 1 heterocycles. The molecule has 0 saturated heterocycles. The van der Waals surface area contributed by atoms with Crippen LogP contribution in [0.5, 0.6) is 0 Å². The Hall–Kier alpha value is -3.10. The topological polar surface area (TPSA) is 81.7 Å². The van der Waals surface area contributed by atoms with Crippen molar-refractivity contribution in [1.82, 2.24) is 5.32 Å². The molecule has 0 bridgehead atoms. The lowest BCUT2D eigenvalue weighted by Gasteiger charge is -2.38. The maximum atomic E-state index is 13.9. The predicted molar refractivity (Wildman–Crippen MR) is 113 cm³/mol. The summed E-state index contributed by atoms with van der Waals surface area (Å²) in [4.78, 5) is 39.1. The van der Waals surface area contributed by atoms with Gasteiger partial charge >= 0.3 is 18.1 Å². The average molecular weight is 465 g/mol. The molecule has 0 spiro atoms. The van der Waals surface area contributed by atoms with Gasteiger partial charge in [-0.05, 0) is 44.7 Å². The summed E-state index contributed by atoms with van der Waals surface area (Å²) in [6.45, 7) is 6.53. The van der Waals surface area contributed by atoms with E-state index in [9.17, 15) is 27.6 Å². The maximum absolute atomic E-state index is 13.9. The SMILES string of the molecule is CCOC(=O)C1=C(C)NC2=C(C(=O)C(C(=O)OCC)C(C)C2)C1c1ccccc1C(F)(F)F. The van der Waals surface area contributed by atoms with Crippen LogP contribution in [-0.4, -0.2) is 30.9 Å². The maximum Gasteiger partial charge on any atom is 0.416 e. The number of nitrogens with one attached hydrogen (secondary N) is 1. The number of esters is 2. The summed E-state index contributed by atoms with van der Waals surface area (Å²) in [5, 5.41) is 3.02. The number of allylic oxidation sites excluding steroid dienone is 3. The molecule has 0 saturated carbocycles. The Morgan fingerprint density at radius 2 is 1.76 bits per heavy atom. The van der Waals surface area contributed by atoms with Crippen LogP contribution < -0.4 is 5.32 Å². The number of carbonyl (C=O) groups excluding carboxylic acids is 3. The Labute approximate surface area is 189 Å². The summed E-state index contributed by atoms with van der Waals surface area (Å²) in [6, 6.07) is 4.83. The van der Waals surface area contributed by atoms with Gasteiger partial charge in [-0.25, -0.2) is 4.79 Å². The Balaban J connectivity index is 2.26. The van der Waals surface area contributed by atoms with Gasteiger partial charge in [-0.3, -0.25) is 9.59 Å². The lowest BCUT2D eigenvalue weighted by Crippen LogP contribution is -2.43. The Bertz CT molecular complexity index is 1040. The standard InChI is InChI=1S/C24H26F3NO5/c1-5-32-22(30)17-12(3)11-16-20(21(17)29)19(18(13(4)28-16)23(31)33-6-2)14-9-7-8-10-15(14)24(25,26)27/h7-10,12,17,19,28H,5-6,11H2,1-4H3. The smallest absolute Gasteiger partial charge is 0.416 e. The molecular weight excluding hydrogens is 439 g/mol. The number of ketones is 1. The van der Waals surface area contributed by atoms with Gasteiger partial charge in [0.2, 0.25) is 0 Å². The zero-order valence-corrected chi connectivity index (χ0v) is 18.8. The van der Waals surface area contributed by atoms with E-state index in [1.807, 2.05) is 0 Å². The van der Waals surface area contributed by atoms with E-state index in [0.29, 0.717) is 11.4 Å². The monoisotopic (exact) mass is 465 g/mol. The molecule has 1 N–H and O–H groups in total. The highest BCUT2D eigenvalue weighted by molar-refractivity contribution is 6.12. The lowest BCUT2D eigenvalue weighted by atomic mass is 9.68. The molecule has 6 nitrogen and oxygen atoms in total. The molecule has 0 aromatic heterocycles. The van der Waals surface area contributed by atoms with E-state index in [0.717, 1.165) is 6.07 Å². The number of dihydropyridines is 1. The number of alkyl halides is 3. The number of Topliss-reactive ketones (excluding diaryl/α,β-unsaturated/α-hetero) is 1. The highest BCUT2D eigenvalue weighted by Gasteiger charge is 2.49. The summed E-state index contributed by atoms with van der Waals surface area (Å²) in [5.41, 5.74) is -0.608. The van der Waals surface area contributed by atoms with E-state index < -0.39 is 47.2 Å². The molecule has 178 valence electrons. The van der Waals surface area contributed by atoms with Crippen molar-refractivity contribution < 1.29 is 37.0 Å². The van der Waals surface area contributed by atoms with E-state index in [2.05, 4.69) is 5.32 Å². The third kappa shape index (κ3) is 4.54. The van der Waals surface area contributed by atoms with E-state index >= 15 is 0 Å². The minimum atomic E-state index is -4.72. The molecule has 3 atom stereocenters. The minimum Gasteiger partial charge on any atom is -0.465 e. The molecule has 2 aliphatic rings. The largest absolute Gasteiger partial charge is 0.465 e. The third-order valence-corrected chi connectivity index (χ3v) is 5.90. The van der Waals surface area contributed by atoms with Crippen LogP contribution in [0.25, 0.3) is 0 Å². The number of ether oxygens (including phenoxy) is 2. The fraction of sp³-hybridized carbons (Fsp3) is 0.458. The quantitative estimate of drug-likeness (QED) is 0.517. The van der Waals surface area contributed by atoms with Gasteiger partial charge < -0.3 is 14.8 Å². The van der Waals surface area contributed by atoms with Crippen molar-refractivity contribution in [2.45, 2.75) is 46.2 Å². The number of halogens is 3. The lowest BCUT2D eigenvalue weighted by molar-refractivity contribution is -0.153. The van der Waals surface area contributed by atoms with Crippen LogP contribution >= 0.6 is 0 Å². The van der Waals surface area contributed by atoms with Crippen molar-refractivity contribution in [2.75, 3.05) is 13.2 Å². The van der Waals surface area contributed by atoms with Gasteiger partial charge in [0.1, 0.15) is 5.92 Å². The molecule has 0 radical (unpaired) electrons. The van der Waals surface area contributed by atoms with Crippen molar-refractivity contribution >= 4 is 17.7 Å². The molecule has 1 aromatic carbocycles. The van der Waals surface area contributed by atoms with Gasteiger partial charge in [0, 0.05) is 22.9 Å². The third-order valence-electron chi connectivity index (χ3n) is 5.90. The molecular formula is C24H26F3NO5. The van der Waals surface area contributed by atoms with Crippen LogP contribution in [0.4, 0.5) is 13.2 Å². The molecule has 3 unspecified atom stereocenters. The van der Waals surface area contributed by atoms with Crippen LogP contribution in [0.15, 0.2) is 46.8 Å². The van der Waals surface area contributed by atoms with E-state index in [4.69, 9.17) is 9.47 Å². The van der Waals surface area contributed by atoms with Crippen molar-refractivity contribution in [3.63, 3.8) is 0 Å². The second-order valence-corrected chi connectivity index (χ2v) is 8.07. The minimum absolute atomic E-state index is 0.00554. The van der Waals surface area contributed by atoms with Crippen LogP contribution in [0, 0.1) is 11.8 Å². The van der Waals surface area contributed by atoms with Crippen molar-refractivity contribution in [1.29, 1.82) is 0 Å². The molecule has 1 aliphatic heterocycles. The Morgan fingerprint density at radius 3 is 2.36 bits per heavy atom. The number of rotatable bonds is 5. The fourth-order valence-corrected chi connectivity index (χ4v) is 4.58. The van der Waals surface area contributed by atoms with Gasteiger partial charge in [-0.1, -0.05) is 25.1 Å². The fourth-order valence-electron chi connectivity index (χ4n) is 4.58. The molecule has 1 aromatic rings. The number of hydrogen-bond acceptors (Lipinski definition) is 6. The van der Waals surface area contributed by atoms with E-state index in [1.54, 1.807) is 27.7 Å². The molecule has 9 heteroatoms. The highest BCUT2D eigenvalue weighted by atomic mass is 19.4. The molecule has 3 rings (SSSR count). The number of benzene rings is 1. The summed E-state index contributed by atoms with van der Waals surface area (Å²) in [7, 11) is 0. The highest BCUT2D eigenvalue weighted by Crippen LogP contribution is 2.48. The zero-order chi connectivity index (χ0) is 24.5. The average Bonchev–Trinajstić information content (AvgIpc) is 2.72. The summed E-state index contributed by atoms with van der Waals surface area (Å²) in [5.74, 6) is -5.14. The Morgan fingerprint density at radius 1 is 1.12 bits per heavy atom. The normalized spacial score (nSPS) is 23.1. The summed E-state index contributed by atoms with van der Waals surface area (Å²) in [6.07, 6.45) is -4.48.